The summed E-state index contributed by atoms with van der Waals surface area (Å²) in [6.45, 7) is 3.60. The Morgan fingerprint density at radius 2 is 1.86 bits per heavy atom. The topological polar surface area (TPSA) is 82.0 Å². The number of hydrogen-bond acceptors (Lipinski definition) is 6. The summed E-state index contributed by atoms with van der Waals surface area (Å²) in [7, 11) is 1.79. The Hall–Kier alpha value is -2.07. The molecule has 0 spiro atoms. The second-order valence-corrected chi connectivity index (χ2v) is 10.1. The van der Waals surface area contributed by atoms with E-state index in [1.807, 2.05) is 42.5 Å². The summed E-state index contributed by atoms with van der Waals surface area (Å²) in [5.74, 6) is 1.10. The van der Waals surface area contributed by atoms with Crippen LogP contribution in [0.3, 0.4) is 0 Å². The van der Waals surface area contributed by atoms with Crippen molar-refractivity contribution in [3.63, 3.8) is 0 Å². The van der Waals surface area contributed by atoms with Crippen LogP contribution in [0, 0.1) is 11.7 Å². The maximum Gasteiger partial charge on any atom is 0.143 e. The molecule has 0 aliphatic carbocycles. The number of nitrogens with zero attached hydrogens (tertiary/aromatic N) is 5. The third-order valence-electron chi connectivity index (χ3n) is 6.73. The Bertz CT molecular complexity index is 1390. The minimum atomic E-state index is -0.538. The summed E-state index contributed by atoms with van der Waals surface area (Å²) in [5.41, 5.74) is 7.56. The van der Waals surface area contributed by atoms with E-state index in [1.165, 1.54) is 17.8 Å². The minimum Gasteiger partial charge on any atom is -0.655 e. The van der Waals surface area contributed by atoms with Crippen LogP contribution >= 0.6 is 23.4 Å². The molecule has 0 saturated carbocycles. The number of hydrogen-bond donors (Lipinski definition) is 1. The molecule has 184 valence electrons. The summed E-state index contributed by atoms with van der Waals surface area (Å²) in [6, 6.07) is 16.7. The molecule has 6 nitrogen and oxygen atoms in total. The van der Waals surface area contributed by atoms with Crippen LogP contribution in [0.25, 0.3) is 16.4 Å². The molecule has 4 heterocycles. The number of nitrogens with two attached hydrogens (primary N) is 1. The number of halogens is 2. The van der Waals surface area contributed by atoms with Crippen molar-refractivity contribution in [2.75, 3.05) is 30.8 Å². The summed E-state index contributed by atoms with van der Waals surface area (Å²) < 4.78 is 14.7. The molecule has 2 atom stereocenters. The predicted molar refractivity (Wildman–Crippen MR) is 141 cm³/mol. The molecule has 2 unspecified atom stereocenters. The maximum atomic E-state index is 14.7. The molecule has 0 amide bonds. The van der Waals surface area contributed by atoms with Crippen LogP contribution in [-0.2, 0) is 31.4 Å². The van der Waals surface area contributed by atoms with Crippen molar-refractivity contribution in [2.45, 2.75) is 28.8 Å². The predicted octanol–water partition coefficient (Wildman–Crippen LogP) is 6.29. The Morgan fingerprint density at radius 3 is 2.61 bits per heavy atom. The second kappa shape index (κ2) is 11.1. The van der Waals surface area contributed by atoms with Crippen LogP contribution in [0.2, 0.25) is 5.02 Å². The monoisotopic (exact) mass is 687 g/mol. The molecular weight excluding hydrogens is 661 g/mol. The Kier molecular flexibility index (Phi) is 8.34. The number of anilines is 2. The van der Waals surface area contributed by atoms with E-state index >= 15 is 0 Å². The van der Waals surface area contributed by atoms with Crippen LogP contribution < -0.4 is 10.6 Å². The van der Waals surface area contributed by atoms with Gasteiger partial charge in [0.15, 0.2) is 0 Å². The third kappa shape index (κ3) is 5.03. The quantitative estimate of drug-likeness (QED) is 0.249. The SMILES string of the molecule is C[N-]C1(c2ccccc2F)CCN(c2ccc3nc(Sc4ccnc(N)c4Cl)ccc3n2)CC1C.[Hf]. The fourth-order valence-electron chi connectivity index (χ4n) is 4.84. The molecule has 1 fully saturated rings. The number of piperidine rings is 1. The van der Waals surface area contributed by atoms with Gasteiger partial charge in [0, 0.05) is 50.0 Å². The van der Waals surface area contributed by atoms with E-state index < -0.39 is 5.54 Å². The first-order valence-electron chi connectivity index (χ1n) is 11.4. The van der Waals surface area contributed by atoms with Gasteiger partial charge in [-0.2, -0.15) is 7.05 Å². The van der Waals surface area contributed by atoms with Gasteiger partial charge >= 0.3 is 0 Å². The number of benzene rings is 1. The van der Waals surface area contributed by atoms with Gasteiger partial charge in [-0.3, -0.25) is 0 Å². The number of pyridine rings is 3. The molecule has 1 aromatic carbocycles. The van der Waals surface area contributed by atoms with Crippen molar-refractivity contribution < 1.29 is 30.2 Å². The molecule has 0 bridgehead atoms. The normalized spacial score (nSPS) is 19.8. The maximum absolute atomic E-state index is 14.7. The van der Waals surface area contributed by atoms with Gasteiger partial charge in [-0.25, -0.2) is 19.3 Å². The van der Waals surface area contributed by atoms with Gasteiger partial charge < -0.3 is 16.0 Å². The molecule has 1 saturated heterocycles. The van der Waals surface area contributed by atoms with E-state index in [1.54, 1.807) is 19.3 Å². The zero-order valence-corrected chi connectivity index (χ0v) is 25.1. The zero-order valence-electron chi connectivity index (χ0n) is 19.9. The Morgan fingerprint density at radius 1 is 1.11 bits per heavy atom. The molecule has 2 N–H and O–H groups in total. The first kappa shape index (κ1) is 27.0. The Labute approximate surface area is 238 Å². The fraction of sp³-hybridized carbons (Fsp3) is 0.269. The van der Waals surface area contributed by atoms with Crippen molar-refractivity contribution >= 4 is 46.0 Å². The van der Waals surface area contributed by atoms with E-state index in [0.29, 0.717) is 16.4 Å². The van der Waals surface area contributed by atoms with Crippen LogP contribution in [0.15, 0.2) is 70.7 Å². The van der Waals surface area contributed by atoms with Crippen molar-refractivity contribution in [2.24, 2.45) is 5.92 Å². The van der Waals surface area contributed by atoms with Gasteiger partial charge in [0.25, 0.3) is 0 Å². The van der Waals surface area contributed by atoms with Gasteiger partial charge in [-0.05, 0) is 54.3 Å². The fourth-order valence-corrected chi connectivity index (χ4v) is 5.90. The van der Waals surface area contributed by atoms with E-state index in [9.17, 15) is 4.39 Å². The minimum absolute atomic E-state index is 0. The smallest absolute Gasteiger partial charge is 0.143 e. The number of fused-ring (bicyclic) bond motifs is 1. The molecule has 10 heteroatoms. The average molecular weight is 687 g/mol. The van der Waals surface area contributed by atoms with Crippen LogP contribution in [0.5, 0.6) is 0 Å². The molecule has 3 aromatic heterocycles. The average Bonchev–Trinajstić information content (AvgIpc) is 2.87. The third-order valence-corrected chi connectivity index (χ3v) is 8.24. The molecule has 36 heavy (non-hydrogen) atoms. The van der Waals surface area contributed by atoms with Crippen molar-refractivity contribution in [3.05, 3.63) is 82.5 Å². The van der Waals surface area contributed by atoms with Crippen LogP contribution in [0.4, 0.5) is 16.0 Å². The summed E-state index contributed by atoms with van der Waals surface area (Å²) in [5, 5.41) is 5.93. The largest absolute Gasteiger partial charge is 0.655 e. The summed E-state index contributed by atoms with van der Waals surface area (Å²) in [4.78, 5) is 16.7. The van der Waals surface area contributed by atoms with Crippen LogP contribution in [-0.4, -0.2) is 35.1 Å². The number of aromatic nitrogens is 3. The van der Waals surface area contributed by atoms with E-state index in [4.69, 9.17) is 32.6 Å². The van der Waals surface area contributed by atoms with Gasteiger partial charge in [-0.1, -0.05) is 54.0 Å². The second-order valence-electron chi connectivity index (χ2n) is 8.69. The van der Waals surface area contributed by atoms with Crippen molar-refractivity contribution in [1.82, 2.24) is 15.0 Å². The standard InChI is InChI=1S/C26H25ClFN6S.Hf/c1-16-15-34(14-12-26(16,30-2)17-5-3-4-6-18(17)28)22-9-7-20-19(32-22)8-10-23(33-20)35-21-11-13-31-25(29)24(21)27;/h3-11,13,16H,12,14-15H2,1-2H3,(H2,29,31);/q-1;. The molecule has 4 aromatic rings. The first-order valence-corrected chi connectivity index (χ1v) is 12.6. The number of rotatable bonds is 5. The molecule has 1 aliphatic rings. The molecule has 1 aliphatic heterocycles. The van der Waals surface area contributed by atoms with Gasteiger partial charge in [0.05, 0.1) is 16.1 Å². The molecule has 5 rings (SSSR count). The van der Waals surface area contributed by atoms with Crippen LogP contribution in [0.1, 0.15) is 18.9 Å². The first-order chi connectivity index (χ1) is 16.9. The Balaban J connectivity index is 0.00000304. The molecule has 0 radical (unpaired) electrons. The number of nitrogen functional groups attached to an aromatic ring is 1. The molecular formula is C26H25ClFHfN6S-. The van der Waals surface area contributed by atoms with E-state index in [-0.39, 0.29) is 37.6 Å². The van der Waals surface area contributed by atoms with Gasteiger partial charge in [-0.15, -0.1) is 0 Å². The van der Waals surface area contributed by atoms with Gasteiger partial charge in [0.1, 0.15) is 22.5 Å². The summed E-state index contributed by atoms with van der Waals surface area (Å²) in [6.07, 6.45) is 2.35. The van der Waals surface area contributed by atoms with Crippen molar-refractivity contribution in [3.8, 4) is 0 Å². The van der Waals surface area contributed by atoms with E-state index in [2.05, 4.69) is 16.8 Å². The van der Waals surface area contributed by atoms with E-state index in [0.717, 1.165) is 46.3 Å². The zero-order chi connectivity index (χ0) is 24.6. The van der Waals surface area contributed by atoms with Gasteiger partial charge in [0.2, 0.25) is 0 Å². The van der Waals surface area contributed by atoms with Crippen molar-refractivity contribution in [1.29, 1.82) is 0 Å². The summed E-state index contributed by atoms with van der Waals surface area (Å²) >= 11 is 7.71.